The van der Waals surface area contributed by atoms with Crippen LogP contribution in [0.5, 0.6) is 0 Å². The molecule has 0 aromatic carbocycles. The Bertz CT molecular complexity index is 542. The maximum atomic E-state index is 4.39. The smallest absolute Gasteiger partial charge is 0.128 e. The van der Waals surface area contributed by atoms with Gasteiger partial charge in [0.15, 0.2) is 0 Å². The van der Waals surface area contributed by atoms with Gasteiger partial charge in [-0.25, -0.2) is 9.97 Å². The number of hydrogen-bond donors (Lipinski definition) is 1. The van der Waals surface area contributed by atoms with Gasteiger partial charge in [-0.2, -0.15) is 0 Å². The van der Waals surface area contributed by atoms with Crippen molar-refractivity contribution in [2.45, 2.75) is 44.8 Å². The first kappa shape index (κ1) is 12.4. The second-order valence-electron chi connectivity index (χ2n) is 5.45. The molecular formula is C14H21N5. The van der Waals surface area contributed by atoms with Crippen molar-refractivity contribution in [3.63, 3.8) is 0 Å². The molecule has 0 bridgehead atoms. The highest BCUT2D eigenvalue weighted by molar-refractivity contribution is 5.09. The van der Waals surface area contributed by atoms with Crippen LogP contribution >= 0.6 is 0 Å². The Morgan fingerprint density at radius 1 is 1.42 bits per heavy atom. The summed E-state index contributed by atoms with van der Waals surface area (Å²) in [6, 6.07) is 1.02. The summed E-state index contributed by atoms with van der Waals surface area (Å²) in [5.74, 6) is 1.06. The van der Waals surface area contributed by atoms with Crippen molar-refractivity contribution in [2.24, 2.45) is 7.05 Å². The van der Waals surface area contributed by atoms with Gasteiger partial charge in [0.2, 0.25) is 0 Å². The summed E-state index contributed by atoms with van der Waals surface area (Å²) in [5.41, 5.74) is 1.27. The summed E-state index contributed by atoms with van der Waals surface area (Å²) in [6.07, 6.45) is 11.5. The summed E-state index contributed by atoms with van der Waals surface area (Å²) >= 11 is 0. The van der Waals surface area contributed by atoms with Gasteiger partial charge >= 0.3 is 0 Å². The monoisotopic (exact) mass is 259 g/mol. The average Bonchev–Trinajstić information content (AvgIpc) is 3.00. The molecule has 5 nitrogen and oxygen atoms in total. The second-order valence-corrected chi connectivity index (χ2v) is 5.45. The van der Waals surface area contributed by atoms with Crippen molar-refractivity contribution in [1.29, 1.82) is 0 Å². The van der Waals surface area contributed by atoms with Gasteiger partial charge in [0.05, 0.1) is 18.6 Å². The van der Waals surface area contributed by atoms with Crippen LogP contribution in [-0.4, -0.2) is 25.1 Å². The molecule has 0 radical (unpaired) electrons. The number of nitrogens with one attached hydrogen (secondary N) is 1. The molecule has 102 valence electrons. The maximum Gasteiger partial charge on any atom is 0.128 e. The van der Waals surface area contributed by atoms with Crippen LogP contribution in [0.25, 0.3) is 0 Å². The van der Waals surface area contributed by atoms with Crippen LogP contribution in [0.1, 0.15) is 43.7 Å². The molecule has 2 atom stereocenters. The number of hydrogen-bond acceptors (Lipinski definition) is 3. The lowest BCUT2D eigenvalue weighted by atomic mass is 9.97. The number of piperidine rings is 1. The Balaban J connectivity index is 1.80. The number of rotatable bonds is 3. The zero-order valence-corrected chi connectivity index (χ0v) is 11.6. The van der Waals surface area contributed by atoms with Gasteiger partial charge in [-0.05, 0) is 26.2 Å². The SMILES string of the molecule is CC1CCCC(c2cncn2Cc2nccn2C)N1. The molecule has 2 unspecified atom stereocenters. The van der Waals surface area contributed by atoms with E-state index >= 15 is 0 Å². The number of imidazole rings is 2. The molecule has 0 spiro atoms. The third kappa shape index (κ3) is 2.56. The van der Waals surface area contributed by atoms with Gasteiger partial charge in [-0.1, -0.05) is 0 Å². The van der Waals surface area contributed by atoms with Gasteiger partial charge in [0.25, 0.3) is 0 Å². The fourth-order valence-electron chi connectivity index (χ4n) is 2.83. The normalized spacial score (nSPS) is 23.7. The fraction of sp³-hybridized carbons (Fsp3) is 0.571. The lowest BCUT2D eigenvalue weighted by Gasteiger charge is -2.29. The zero-order valence-electron chi connectivity index (χ0n) is 11.6. The summed E-state index contributed by atoms with van der Waals surface area (Å²) in [6.45, 7) is 3.04. The fourth-order valence-corrected chi connectivity index (χ4v) is 2.83. The van der Waals surface area contributed by atoms with Crippen LogP contribution in [0.2, 0.25) is 0 Å². The van der Waals surface area contributed by atoms with E-state index in [-0.39, 0.29) is 0 Å². The van der Waals surface area contributed by atoms with Crippen LogP contribution < -0.4 is 5.32 Å². The Morgan fingerprint density at radius 2 is 2.32 bits per heavy atom. The molecule has 2 aromatic rings. The average molecular weight is 259 g/mol. The number of aryl methyl sites for hydroxylation is 1. The van der Waals surface area contributed by atoms with Gasteiger partial charge in [-0.3, -0.25) is 0 Å². The summed E-state index contributed by atoms with van der Waals surface area (Å²) < 4.78 is 4.26. The van der Waals surface area contributed by atoms with Crippen molar-refractivity contribution >= 4 is 0 Å². The lowest BCUT2D eigenvalue weighted by molar-refractivity contribution is 0.330. The van der Waals surface area contributed by atoms with Crippen LogP contribution in [0, 0.1) is 0 Å². The molecule has 3 rings (SSSR count). The molecule has 0 aliphatic carbocycles. The highest BCUT2D eigenvalue weighted by Gasteiger charge is 2.22. The third-order valence-corrected chi connectivity index (χ3v) is 3.95. The van der Waals surface area contributed by atoms with Gasteiger partial charge in [-0.15, -0.1) is 0 Å². The predicted octanol–water partition coefficient (Wildman–Crippen LogP) is 1.87. The molecule has 19 heavy (non-hydrogen) atoms. The van der Waals surface area contributed by atoms with E-state index in [2.05, 4.69) is 31.3 Å². The van der Waals surface area contributed by atoms with E-state index in [0.29, 0.717) is 12.1 Å². The van der Waals surface area contributed by atoms with E-state index in [1.165, 1.54) is 25.0 Å². The molecule has 0 saturated carbocycles. The molecule has 5 heteroatoms. The third-order valence-electron chi connectivity index (χ3n) is 3.95. The van der Waals surface area contributed by atoms with Crippen molar-refractivity contribution in [3.8, 4) is 0 Å². The Kier molecular flexibility index (Phi) is 3.38. The molecule has 1 saturated heterocycles. The second kappa shape index (κ2) is 5.17. The highest BCUT2D eigenvalue weighted by Crippen LogP contribution is 2.25. The first-order valence-corrected chi connectivity index (χ1v) is 6.96. The standard InChI is InChI=1S/C14H21N5/c1-11-4-3-5-12(17-11)13-8-15-10-19(13)9-14-16-6-7-18(14)2/h6-8,10-12,17H,3-5,9H2,1-2H3. The van der Waals surface area contributed by atoms with Crippen molar-refractivity contribution in [3.05, 3.63) is 36.4 Å². The maximum absolute atomic E-state index is 4.39. The molecule has 1 fully saturated rings. The Morgan fingerprint density at radius 3 is 3.05 bits per heavy atom. The minimum Gasteiger partial charge on any atom is -0.337 e. The van der Waals surface area contributed by atoms with E-state index in [1.54, 1.807) is 0 Å². The molecule has 3 heterocycles. The molecule has 1 aliphatic heterocycles. The topological polar surface area (TPSA) is 47.7 Å². The Labute approximate surface area is 113 Å². The van der Waals surface area contributed by atoms with Gasteiger partial charge < -0.3 is 14.5 Å². The first-order chi connectivity index (χ1) is 9.24. The van der Waals surface area contributed by atoms with E-state index < -0.39 is 0 Å². The predicted molar refractivity (Wildman–Crippen MR) is 73.7 cm³/mol. The van der Waals surface area contributed by atoms with E-state index in [0.717, 1.165) is 12.4 Å². The van der Waals surface area contributed by atoms with Crippen LogP contribution in [0.4, 0.5) is 0 Å². The minimum atomic E-state index is 0.423. The van der Waals surface area contributed by atoms with Crippen LogP contribution in [0.3, 0.4) is 0 Å². The van der Waals surface area contributed by atoms with Crippen LogP contribution in [-0.2, 0) is 13.6 Å². The quantitative estimate of drug-likeness (QED) is 0.915. The summed E-state index contributed by atoms with van der Waals surface area (Å²) in [7, 11) is 2.03. The minimum absolute atomic E-state index is 0.423. The number of nitrogens with zero attached hydrogens (tertiary/aromatic N) is 4. The molecule has 1 N–H and O–H groups in total. The summed E-state index contributed by atoms with van der Waals surface area (Å²) in [5, 5.41) is 3.67. The Hall–Kier alpha value is -1.62. The molecule has 1 aliphatic rings. The zero-order chi connectivity index (χ0) is 13.2. The molecule has 0 amide bonds. The van der Waals surface area contributed by atoms with E-state index in [9.17, 15) is 0 Å². The van der Waals surface area contributed by atoms with Gasteiger partial charge in [0, 0.05) is 37.7 Å². The number of aromatic nitrogens is 4. The summed E-state index contributed by atoms with van der Waals surface area (Å²) in [4.78, 5) is 8.70. The van der Waals surface area contributed by atoms with Crippen molar-refractivity contribution in [2.75, 3.05) is 0 Å². The first-order valence-electron chi connectivity index (χ1n) is 6.96. The van der Waals surface area contributed by atoms with E-state index in [1.807, 2.05) is 32.0 Å². The largest absolute Gasteiger partial charge is 0.337 e. The molecular weight excluding hydrogens is 238 g/mol. The van der Waals surface area contributed by atoms with E-state index in [4.69, 9.17) is 0 Å². The molecule has 2 aromatic heterocycles. The van der Waals surface area contributed by atoms with Crippen molar-refractivity contribution in [1.82, 2.24) is 24.4 Å². The lowest BCUT2D eigenvalue weighted by Crippen LogP contribution is -2.35. The highest BCUT2D eigenvalue weighted by atomic mass is 15.1. The van der Waals surface area contributed by atoms with Crippen LogP contribution in [0.15, 0.2) is 24.9 Å². The van der Waals surface area contributed by atoms with Crippen molar-refractivity contribution < 1.29 is 0 Å². The van der Waals surface area contributed by atoms with Gasteiger partial charge in [0.1, 0.15) is 5.82 Å².